The number of para-hydroxylation sites is 1. The lowest BCUT2D eigenvalue weighted by atomic mass is 9.88. The van der Waals surface area contributed by atoms with Gasteiger partial charge in [0.05, 0.1) is 5.92 Å². The lowest BCUT2D eigenvalue weighted by Gasteiger charge is -2.15. The van der Waals surface area contributed by atoms with Crippen LogP contribution in [0.25, 0.3) is 0 Å². The van der Waals surface area contributed by atoms with E-state index in [4.69, 9.17) is 4.74 Å². The number of aliphatic carboxylic acids is 1. The zero-order valence-electron chi connectivity index (χ0n) is 9.61. The molecule has 0 unspecified atom stereocenters. The van der Waals surface area contributed by atoms with E-state index in [1.54, 1.807) is 0 Å². The quantitative estimate of drug-likeness (QED) is 0.877. The Hall–Kier alpha value is -2.29. The van der Waals surface area contributed by atoms with Gasteiger partial charge in [0.1, 0.15) is 5.75 Å². The maximum absolute atomic E-state index is 11.3. The van der Waals surface area contributed by atoms with Crippen LogP contribution in [-0.2, 0) is 4.79 Å². The van der Waals surface area contributed by atoms with E-state index in [-0.39, 0.29) is 5.92 Å². The monoisotopic (exact) mass is 240 g/mol. The van der Waals surface area contributed by atoms with Crippen molar-refractivity contribution in [2.45, 2.75) is 12.0 Å². The molecule has 3 heteroatoms. The van der Waals surface area contributed by atoms with Crippen LogP contribution in [0.2, 0.25) is 0 Å². The van der Waals surface area contributed by atoms with Crippen molar-refractivity contribution in [1.82, 2.24) is 0 Å². The number of carboxylic acids is 1. The zero-order valence-corrected chi connectivity index (χ0v) is 9.61. The van der Waals surface area contributed by atoms with Crippen molar-refractivity contribution < 1.29 is 14.6 Å². The summed E-state index contributed by atoms with van der Waals surface area (Å²) in [6, 6.07) is 17.1. The number of benzene rings is 2. The Morgan fingerprint density at radius 1 is 1.00 bits per heavy atom. The highest BCUT2D eigenvalue weighted by Crippen LogP contribution is 2.42. The number of hydrogen-bond acceptors (Lipinski definition) is 2. The molecule has 1 aliphatic heterocycles. The maximum Gasteiger partial charge on any atom is 0.345 e. The molecule has 2 atom stereocenters. The van der Waals surface area contributed by atoms with Gasteiger partial charge in [0.15, 0.2) is 0 Å². The first kappa shape index (κ1) is 10.8. The molecule has 0 aromatic heterocycles. The van der Waals surface area contributed by atoms with Gasteiger partial charge in [-0.05, 0) is 11.6 Å². The first-order valence-corrected chi connectivity index (χ1v) is 5.80. The highest BCUT2D eigenvalue weighted by atomic mass is 16.5. The molecule has 18 heavy (non-hydrogen) atoms. The normalized spacial score (nSPS) is 21.1. The van der Waals surface area contributed by atoms with Crippen molar-refractivity contribution in [2.24, 2.45) is 0 Å². The Labute approximate surface area is 105 Å². The minimum absolute atomic E-state index is 0.236. The highest BCUT2D eigenvalue weighted by molar-refractivity contribution is 5.77. The van der Waals surface area contributed by atoms with Crippen LogP contribution in [0.5, 0.6) is 5.75 Å². The lowest BCUT2D eigenvalue weighted by Crippen LogP contribution is -2.29. The summed E-state index contributed by atoms with van der Waals surface area (Å²) >= 11 is 0. The van der Waals surface area contributed by atoms with Crippen LogP contribution in [0.15, 0.2) is 54.6 Å². The molecule has 90 valence electrons. The van der Waals surface area contributed by atoms with Gasteiger partial charge >= 0.3 is 5.97 Å². The summed E-state index contributed by atoms with van der Waals surface area (Å²) in [6.07, 6.45) is -0.843. The van der Waals surface area contributed by atoms with Gasteiger partial charge < -0.3 is 9.84 Å². The van der Waals surface area contributed by atoms with Crippen LogP contribution in [-0.4, -0.2) is 17.2 Å². The summed E-state index contributed by atoms with van der Waals surface area (Å²) < 4.78 is 5.54. The van der Waals surface area contributed by atoms with E-state index in [0.29, 0.717) is 5.75 Å². The minimum atomic E-state index is -0.931. The average Bonchev–Trinajstić information content (AvgIpc) is 2.79. The summed E-state index contributed by atoms with van der Waals surface area (Å²) in [5, 5.41) is 9.29. The Balaban J connectivity index is 2.11. The molecule has 1 heterocycles. The molecule has 0 spiro atoms. The Morgan fingerprint density at radius 2 is 1.67 bits per heavy atom. The molecule has 0 radical (unpaired) electrons. The fourth-order valence-electron chi connectivity index (χ4n) is 2.42. The van der Waals surface area contributed by atoms with Crippen molar-refractivity contribution in [3.8, 4) is 5.75 Å². The predicted molar refractivity (Wildman–Crippen MR) is 66.8 cm³/mol. The van der Waals surface area contributed by atoms with E-state index in [1.165, 1.54) is 0 Å². The van der Waals surface area contributed by atoms with E-state index in [0.717, 1.165) is 11.1 Å². The van der Waals surface area contributed by atoms with Gasteiger partial charge in [-0.3, -0.25) is 0 Å². The Bertz CT molecular complexity index is 577. The summed E-state index contributed by atoms with van der Waals surface area (Å²) in [5.41, 5.74) is 1.91. The van der Waals surface area contributed by atoms with Gasteiger partial charge in [-0.2, -0.15) is 0 Å². The molecule has 2 aromatic rings. The third-order valence-electron chi connectivity index (χ3n) is 3.21. The average molecular weight is 240 g/mol. The van der Waals surface area contributed by atoms with Crippen LogP contribution in [0, 0.1) is 0 Å². The second kappa shape index (κ2) is 4.18. The number of hydrogen-bond donors (Lipinski definition) is 1. The summed E-state index contributed by atoms with van der Waals surface area (Å²) in [5.74, 6) is -0.501. The van der Waals surface area contributed by atoms with Crippen LogP contribution in [0.3, 0.4) is 0 Å². The van der Waals surface area contributed by atoms with Crippen LogP contribution in [0.4, 0.5) is 0 Å². The van der Waals surface area contributed by atoms with Crippen molar-refractivity contribution in [2.75, 3.05) is 0 Å². The number of rotatable bonds is 2. The molecule has 3 nitrogen and oxygen atoms in total. The Morgan fingerprint density at radius 3 is 2.39 bits per heavy atom. The molecule has 1 aliphatic rings. The molecule has 0 saturated heterocycles. The van der Waals surface area contributed by atoms with E-state index >= 15 is 0 Å². The fourth-order valence-corrected chi connectivity index (χ4v) is 2.42. The van der Waals surface area contributed by atoms with Crippen molar-refractivity contribution in [1.29, 1.82) is 0 Å². The van der Waals surface area contributed by atoms with Crippen LogP contribution >= 0.6 is 0 Å². The Kier molecular flexibility index (Phi) is 2.52. The molecular formula is C15H12O3. The SMILES string of the molecule is O=C(O)[C@H]1Oc2ccccc2[C@@H]1c1ccccc1. The van der Waals surface area contributed by atoms with E-state index in [2.05, 4.69) is 0 Å². The van der Waals surface area contributed by atoms with E-state index in [9.17, 15) is 9.90 Å². The van der Waals surface area contributed by atoms with Crippen molar-refractivity contribution in [3.05, 3.63) is 65.7 Å². The van der Waals surface area contributed by atoms with E-state index < -0.39 is 12.1 Å². The third-order valence-corrected chi connectivity index (χ3v) is 3.21. The number of carbonyl (C=O) groups is 1. The molecule has 1 N–H and O–H groups in total. The van der Waals surface area contributed by atoms with Crippen molar-refractivity contribution in [3.63, 3.8) is 0 Å². The third kappa shape index (κ3) is 1.64. The zero-order chi connectivity index (χ0) is 12.5. The molecule has 0 saturated carbocycles. The second-order valence-electron chi connectivity index (χ2n) is 4.30. The standard InChI is InChI=1S/C15H12O3/c16-15(17)14-13(10-6-2-1-3-7-10)11-8-4-5-9-12(11)18-14/h1-9,13-14H,(H,16,17)/t13-,14-/m0/s1. The van der Waals surface area contributed by atoms with Crippen LogP contribution < -0.4 is 4.74 Å². The molecular weight excluding hydrogens is 228 g/mol. The summed E-state index contributed by atoms with van der Waals surface area (Å²) in [4.78, 5) is 11.3. The number of carboxylic acid groups (broad SMARTS) is 1. The largest absolute Gasteiger partial charge is 0.478 e. The lowest BCUT2D eigenvalue weighted by molar-refractivity contribution is -0.144. The fraction of sp³-hybridized carbons (Fsp3) is 0.133. The topological polar surface area (TPSA) is 46.5 Å². The van der Waals surface area contributed by atoms with Gasteiger partial charge in [-0.1, -0.05) is 48.5 Å². The summed E-state index contributed by atoms with van der Waals surface area (Å²) in [6.45, 7) is 0. The molecule has 0 fully saturated rings. The van der Waals surface area contributed by atoms with Gasteiger partial charge in [-0.25, -0.2) is 4.79 Å². The smallest absolute Gasteiger partial charge is 0.345 e. The molecule has 0 amide bonds. The number of ether oxygens (including phenoxy) is 1. The maximum atomic E-state index is 11.3. The molecule has 2 aromatic carbocycles. The van der Waals surface area contributed by atoms with Gasteiger partial charge in [0.2, 0.25) is 6.10 Å². The van der Waals surface area contributed by atoms with Gasteiger partial charge in [0.25, 0.3) is 0 Å². The predicted octanol–water partition coefficient (Wildman–Crippen LogP) is 2.66. The van der Waals surface area contributed by atoms with E-state index in [1.807, 2.05) is 54.6 Å². The van der Waals surface area contributed by atoms with Crippen LogP contribution in [0.1, 0.15) is 17.0 Å². The second-order valence-corrected chi connectivity index (χ2v) is 4.30. The summed E-state index contributed by atoms with van der Waals surface area (Å²) in [7, 11) is 0. The number of fused-ring (bicyclic) bond motifs is 1. The molecule has 0 bridgehead atoms. The molecule has 0 aliphatic carbocycles. The highest BCUT2D eigenvalue weighted by Gasteiger charge is 2.39. The minimum Gasteiger partial charge on any atom is -0.478 e. The first-order valence-electron chi connectivity index (χ1n) is 5.80. The van der Waals surface area contributed by atoms with Gasteiger partial charge in [0, 0.05) is 5.56 Å². The first-order chi connectivity index (χ1) is 8.77. The molecule has 3 rings (SSSR count). The van der Waals surface area contributed by atoms with Gasteiger partial charge in [-0.15, -0.1) is 0 Å². The van der Waals surface area contributed by atoms with Crippen molar-refractivity contribution >= 4 is 5.97 Å².